The fourth-order valence-electron chi connectivity index (χ4n) is 2.43. The number of unbranched alkanes of at least 4 members (excludes halogenated alkanes) is 11. The zero-order chi connectivity index (χ0) is 13.7. The van der Waals surface area contributed by atoms with Gasteiger partial charge in [0.1, 0.15) is 0 Å². The standard InChI is InChI=1S/C17H38N.Si/c1-5-6-7-8-9-10-11-12-13-14-15-16-17-18(2,3)4;/h5-17H2,1-4H3;/q+1;+4. The van der Waals surface area contributed by atoms with E-state index in [2.05, 4.69) is 28.1 Å². The maximum Gasteiger partial charge on any atom is 4.00 e. The summed E-state index contributed by atoms with van der Waals surface area (Å²) < 4.78 is 1.12. The molecule has 0 heterocycles. The first-order chi connectivity index (χ1) is 8.56. The average Bonchev–Trinajstić information content (AvgIpc) is 2.29. The van der Waals surface area contributed by atoms with E-state index >= 15 is 0 Å². The van der Waals surface area contributed by atoms with Crippen LogP contribution in [0.4, 0.5) is 0 Å². The van der Waals surface area contributed by atoms with E-state index in [-0.39, 0.29) is 11.0 Å². The molecule has 0 rings (SSSR count). The van der Waals surface area contributed by atoms with Crippen molar-refractivity contribution in [1.29, 1.82) is 0 Å². The van der Waals surface area contributed by atoms with Crippen LogP contribution in [-0.2, 0) is 0 Å². The van der Waals surface area contributed by atoms with Crippen LogP contribution in [-0.4, -0.2) is 43.1 Å². The summed E-state index contributed by atoms with van der Waals surface area (Å²) in [6.07, 6.45) is 17.4. The molecule has 0 unspecified atom stereocenters. The van der Waals surface area contributed by atoms with Crippen molar-refractivity contribution in [2.45, 2.75) is 84.0 Å². The summed E-state index contributed by atoms with van der Waals surface area (Å²) in [5.41, 5.74) is 0. The number of hydrogen-bond donors (Lipinski definition) is 0. The summed E-state index contributed by atoms with van der Waals surface area (Å²) in [5.74, 6) is 0. The molecule has 0 N–H and O–H groups in total. The number of rotatable bonds is 13. The van der Waals surface area contributed by atoms with Gasteiger partial charge in [0.25, 0.3) is 0 Å². The molecule has 0 amide bonds. The minimum atomic E-state index is 0. The molecule has 0 aliphatic heterocycles. The maximum absolute atomic E-state index is 2.29. The quantitative estimate of drug-likeness (QED) is 0.253. The molecule has 110 valence electrons. The van der Waals surface area contributed by atoms with E-state index in [1.807, 2.05) is 0 Å². The fourth-order valence-corrected chi connectivity index (χ4v) is 2.43. The Morgan fingerprint density at radius 2 is 0.842 bits per heavy atom. The summed E-state index contributed by atoms with van der Waals surface area (Å²) in [4.78, 5) is 0. The van der Waals surface area contributed by atoms with Crippen LogP contribution in [0.3, 0.4) is 0 Å². The van der Waals surface area contributed by atoms with Crippen LogP contribution in [0.2, 0.25) is 0 Å². The molecule has 0 spiro atoms. The van der Waals surface area contributed by atoms with Gasteiger partial charge in [0, 0.05) is 0 Å². The molecule has 2 heteroatoms. The largest absolute Gasteiger partial charge is 4.00 e. The summed E-state index contributed by atoms with van der Waals surface area (Å²) in [6, 6.07) is 0. The maximum atomic E-state index is 2.29. The van der Waals surface area contributed by atoms with Gasteiger partial charge in [-0.05, 0) is 12.8 Å². The Labute approximate surface area is 127 Å². The number of hydrogen-bond acceptors (Lipinski definition) is 0. The SMILES string of the molecule is CCCCCCCCCCCCCC[N+](C)(C)C.[Si+4]. The van der Waals surface area contributed by atoms with Crippen molar-refractivity contribution in [1.82, 2.24) is 0 Å². The molecule has 19 heavy (non-hydrogen) atoms. The van der Waals surface area contributed by atoms with Crippen LogP contribution in [0, 0.1) is 0 Å². The van der Waals surface area contributed by atoms with Gasteiger partial charge in [-0.1, -0.05) is 71.1 Å². The van der Waals surface area contributed by atoms with Gasteiger partial charge in [0.15, 0.2) is 0 Å². The Bertz CT molecular complexity index is 163. The molecule has 0 aliphatic rings. The van der Waals surface area contributed by atoms with Gasteiger partial charge in [0.2, 0.25) is 0 Å². The second-order valence-corrected chi connectivity index (χ2v) is 6.90. The molecule has 0 fully saturated rings. The first kappa shape index (κ1) is 21.5. The van der Waals surface area contributed by atoms with Crippen LogP contribution in [0.15, 0.2) is 0 Å². The Balaban J connectivity index is 0. The molecular weight excluding hydrogens is 246 g/mol. The van der Waals surface area contributed by atoms with Gasteiger partial charge >= 0.3 is 11.0 Å². The van der Waals surface area contributed by atoms with Gasteiger partial charge in [-0.2, -0.15) is 0 Å². The van der Waals surface area contributed by atoms with E-state index in [1.165, 1.54) is 83.6 Å². The van der Waals surface area contributed by atoms with E-state index in [0.29, 0.717) is 0 Å². The van der Waals surface area contributed by atoms with E-state index < -0.39 is 0 Å². The van der Waals surface area contributed by atoms with Crippen LogP contribution in [0.25, 0.3) is 0 Å². The number of quaternary nitrogens is 1. The van der Waals surface area contributed by atoms with Crippen LogP contribution in [0.1, 0.15) is 84.0 Å². The minimum Gasteiger partial charge on any atom is -0.331 e. The zero-order valence-corrected chi connectivity index (χ0v) is 15.1. The molecule has 0 atom stereocenters. The molecule has 0 saturated heterocycles. The molecule has 0 aromatic rings. The summed E-state index contributed by atoms with van der Waals surface area (Å²) >= 11 is 0. The van der Waals surface area contributed by atoms with E-state index in [0.717, 1.165) is 4.48 Å². The van der Waals surface area contributed by atoms with Crippen LogP contribution in [0.5, 0.6) is 0 Å². The third-order valence-electron chi connectivity index (χ3n) is 3.68. The number of nitrogens with zero attached hydrogens (tertiary/aromatic N) is 1. The van der Waals surface area contributed by atoms with Gasteiger partial charge in [-0.3, -0.25) is 0 Å². The molecule has 0 aromatic carbocycles. The Morgan fingerprint density at radius 1 is 0.526 bits per heavy atom. The Hall–Kier alpha value is 0.177. The first-order valence-corrected chi connectivity index (χ1v) is 8.36. The van der Waals surface area contributed by atoms with Gasteiger partial charge in [-0.25, -0.2) is 0 Å². The second-order valence-electron chi connectivity index (χ2n) is 6.90. The monoisotopic (exact) mass is 284 g/mol. The molecule has 1 nitrogen and oxygen atoms in total. The topological polar surface area (TPSA) is 0 Å². The van der Waals surface area contributed by atoms with Crippen molar-refractivity contribution < 1.29 is 4.48 Å². The van der Waals surface area contributed by atoms with Crippen molar-refractivity contribution >= 4 is 11.0 Å². The predicted octanol–water partition coefficient (Wildman–Crippen LogP) is 5.01. The second kappa shape index (κ2) is 14.6. The first-order valence-electron chi connectivity index (χ1n) is 8.36. The molecule has 0 aliphatic carbocycles. The van der Waals surface area contributed by atoms with Crippen LogP contribution >= 0.6 is 0 Å². The smallest absolute Gasteiger partial charge is 0.331 e. The van der Waals surface area contributed by atoms with Crippen molar-refractivity contribution in [3.8, 4) is 0 Å². The van der Waals surface area contributed by atoms with Gasteiger partial charge in [0.05, 0.1) is 27.7 Å². The summed E-state index contributed by atoms with van der Waals surface area (Å²) in [7, 11) is 6.87. The Morgan fingerprint density at radius 3 is 1.16 bits per heavy atom. The Kier molecular flexibility index (Phi) is 16.5. The third kappa shape index (κ3) is 20.7. The van der Waals surface area contributed by atoms with Crippen LogP contribution < -0.4 is 0 Å². The normalized spacial score (nSPS) is 11.4. The molecule has 0 aromatic heterocycles. The predicted molar refractivity (Wildman–Crippen MR) is 89.7 cm³/mol. The van der Waals surface area contributed by atoms with Crippen molar-refractivity contribution in [3.05, 3.63) is 0 Å². The van der Waals surface area contributed by atoms with E-state index in [9.17, 15) is 0 Å². The zero-order valence-electron chi connectivity index (χ0n) is 14.1. The van der Waals surface area contributed by atoms with Gasteiger partial charge in [-0.15, -0.1) is 0 Å². The summed E-state index contributed by atoms with van der Waals surface area (Å²) in [5, 5.41) is 0. The molecule has 0 saturated carbocycles. The van der Waals surface area contributed by atoms with Crippen molar-refractivity contribution in [3.63, 3.8) is 0 Å². The molecule has 0 radical (unpaired) electrons. The molecule has 0 bridgehead atoms. The third-order valence-corrected chi connectivity index (χ3v) is 3.68. The molecular formula is C17H38NSi+5. The van der Waals surface area contributed by atoms with E-state index in [1.54, 1.807) is 0 Å². The fraction of sp³-hybridized carbons (Fsp3) is 1.00. The van der Waals surface area contributed by atoms with Crippen molar-refractivity contribution in [2.75, 3.05) is 27.7 Å². The average molecular weight is 285 g/mol. The van der Waals surface area contributed by atoms with Gasteiger partial charge < -0.3 is 4.48 Å². The summed E-state index contributed by atoms with van der Waals surface area (Å²) in [6.45, 7) is 3.62. The van der Waals surface area contributed by atoms with E-state index in [4.69, 9.17) is 0 Å². The minimum absolute atomic E-state index is 0. The van der Waals surface area contributed by atoms with Crippen molar-refractivity contribution in [2.24, 2.45) is 0 Å².